The second kappa shape index (κ2) is 6.45. The molecule has 2 aromatic carbocycles. The van der Waals surface area contributed by atoms with E-state index in [4.69, 9.17) is 9.15 Å². The average Bonchev–Trinajstić information content (AvgIpc) is 2.89. The molecule has 0 bridgehead atoms. The van der Waals surface area contributed by atoms with Crippen LogP contribution in [0.3, 0.4) is 0 Å². The van der Waals surface area contributed by atoms with Crippen molar-refractivity contribution in [1.29, 1.82) is 0 Å². The molecule has 0 unspecified atom stereocenters. The highest BCUT2D eigenvalue weighted by atomic mass is 16.5. The van der Waals surface area contributed by atoms with Crippen molar-refractivity contribution in [2.45, 2.75) is 40.0 Å². The lowest BCUT2D eigenvalue weighted by Crippen LogP contribution is -2.12. The summed E-state index contributed by atoms with van der Waals surface area (Å²) in [5.74, 6) is 0.427. The van der Waals surface area contributed by atoms with Crippen molar-refractivity contribution < 1.29 is 18.7 Å². The minimum Gasteiger partial charge on any atom is -0.461 e. The summed E-state index contributed by atoms with van der Waals surface area (Å²) in [6.07, 6.45) is 0. The van der Waals surface area contributed by atoms with Gasteiger partial charge < -0.3 is 9.15 Å². The van der Waals surface area contributed by atoms with Crippen molar-refractivity contribution >= 4 is 22.7 Å². The Kier molecular flexibility index (Phi) is 4.45. The molecule has 26 heavy (non-hydrogen) atoms. The van der Waals surface area contributed by atoms with Crippen LogP contribution in [0.1, 0.15) is 59.7 Å². The van der Waals surface area contributed by atoms with Gasteiger partial charge in [-0.05, 0) is 55.2 Å². The Hall–Kier alpha value is -2.88. The second-order valence-electron chi connectivity index (χ2n) is 7.46. The Bertz CT molecular complexity index is 985. The highest BCUT2D eigenvalue weighted by Gasteiger charge is 2.18. The highest BCUT2D eigenvalue weighted by Crippen LogP contribution is 2.30. The number of hydrogen-bond donors (Lipinski definition) is 0. The van der Waals surface area contributed by atoms with E-state index < -0.39 is 5.97 Å². The van der Waals surface area contributed by atoms with Crippen LogP contribution >= 0.6 is 0 Å². The molecule has 4 nitrogen and oxygen atoms in total. The van der Waals surface area contributed by atoms with E-state index in [0.29, 0.717) is 33.6 Å². The highest BCUT2D eigenvalue weighted by molar-refractivity contribution is 6.07. The Morgan fingerprint density at radius 2 is 1.65 bits per heavy atom. The van der Waals surface area contributed by atoms with Crippen molar-refractivity contribution in [2.24, 2.45) is 0 Å². The maximum absolute atomic E-state index is 12.4. The first-order valence-corrected chi connectivity index (χ1v) is 8.53. The number of furan rings is 1. The van der Waals surface area contributed by atoms with Gasteiger partial charge in [0.2, 0.25) is 0 Å². The van der Waals surface area contributed by atoms with Crippen LogP contribution in [-0.4, -0.2) is 11.8 Å². The Morgan fingerprint density at radius 3 is 2.23 bits per heavy atom. The molecule has 3 rings (SSSR count). The molecule has 0 aliphatic carbocycles. The minimum absolute atomic E-state index is 0.0235. The molecule has 0 spiro atoms. The molecule has 1 aromatic heterocycles. The van der Waals surface area contributed by atoms with E-state index in [1.807, 2.05) is 12.1 Å². The van der Waals surface area contributed by atoms with Crippen LogP contribution in [0.25, 0.3) is 11.0 Å². The number of carbonyl (C=O) groups excluding carboxylic acids is 2. The van der Waals surface area contributed by atoms with Crippen molar-refractivity contribution in [3.8, 4) is 5.75 Å². The van der Waals surface area contributed by atoms with Gasteiger partial charge in [-0.25, -0.2) is 4.79 Å². The summed E-state index contributed by atoms with van der Waals surface area (Å²) >= 11 is 0. The van der Waals surface area contributed by atoms with Gasteiger partial charge in [0, 0.05) is 5.39 Å². The predicted octanol–water partition coefficient (Wildman–Crippen LogP) is 5.46. The van der Waals surface area contributed by atoms with Crippen LogP contribution in [0.5, 0.6) is 5.75 Å². The van der Waals surface area contributed by atoms with Gasteiger partial charge in [0.25, 0.3) is 0 Å². The lowest BCUT2D eigenvalue weighted by atomic mass is 9.87. The van der Waals surface area contributed by atoms with Gasteiger partial charge in [0.15, 0.2) is 5.78 Å². The Labute approximate surface area is 152 Å². The average molecular weight is 350 g/mol. The van der Waals surface area contributed by atoms with E-state index in [1.54, 1.807) is 37.3 Å². The third kappa shape index (κ3) is 3.40. The normalized spacial score (nSPS) is 11.6. The van der Waals surface area contributed by atoms with Gasteiger partial charge in [-0.1, -0.05) is 32.9 Å². The monoisotopic (exact) mass is 350 g/mol. The number of esters is 1. The number of ether oxygens (including phenoxy) is 1. The van der Waals surface area contributed by atoms with Gasteiger partial charge in [-0.3, -0.25) is 4.79 Å². The van der Waals surface area contributed by atoms with E-state index in [2.05, 4.69) is 20.8 Å². The predicted molar refractivity (Wildman–Crippen MR) is 101 cm³/mol. The maximum Gasteiger partial charge on any atom is 0.343 e. The lowest BCUT2D eigenvalue weighted by Gasteiger charge is -2.18. The number of Topliss-reactive ketones (excluding diaryl/α,β-unsaturated/α-hetero) is 1. The molecule has 134 valence electrons. The van der Waals surface area contributed by atoms with Gasteiger partial charge in [-0.2, -0.15) is 0 Å². The molecular formula is C22H22O4. The van der Waals surface area contributed by atoms with E-state index in [0.717, 1.165) is 5.56 Å². The van der Waals surface area contributed by atoms with Crippen LogP contribution < -0.4 is 4.74 Å². The zero-order chi connectivity index (χ0) is 19.1. The Balaban J connectivity index is 1.87. The fourth-order valence-corrected chi connectivity index (χ4v) is 2.97. The third-order valence-electron chi connectivity index (χ3n) is 4.38. The molecule has 0 atom stereocenters. The smallest absolute Gasteiger partial charge is 0.343 e. The van der Waals surface area contributed by atoms with E-state index in [9.17, 15) is 9.59 Å². The van der Waals surface area contributed by atoms with Crippen molar-refractivity contribution in [3.05, 3.63) is 64.9 Å². The van der Waals surface area contributed by atoms with Crippen molar-refractivity contribution in [1.82, 2.24) is 0 Å². The zero-order valence-corrected chi connectivity index (χ0v) is 15.7. The van der Waals surface area contributed by atoms with E-state index in [-0.39, 0.29) is 11.2 Å². The molecule has 1 heterocycles. The first kappa shape index (κ1) is 17.9. The molecular weight excluding hydrogens is 328 g/mol. The summed E-state index contributed by atoms with van der Waals surface area (Å²) in [5.41, 5.74) is 2.77. The number of aryl methyl sites for hydroxylation is 1. The lowest BCUT2D eigenvalue weighted by molar-refractivity contribution is 0.0734. The summed E-state index contributed by atoms with van der Waals surface area (Å²) in [5, 5.41) is 0.656. The van der Waals surface area contributed by atoms with Gasteiger partial charge >= 0.3 is 5.97 Å². The first-order chi connectivity index (χ1) is 12.2. The molecule has 0 amide bonds. The topological polar surface area (TPSA) is 56.5 Å². The molecule has 0 saturated heterocycles. The number of ketones is 1. The molecule has 0 N–H and O–H groups in total. The zero-order valence-electron chi connectivity index (χ0n) is 15.7. The SMILES string of the molecule is CC(=O)c1c(C)oc2ccc(OC(=O)c3ccc(C(C)(C)C)cc3)cc12. The Morgan fingerprint density at radius 1 is 1.00 bits per heavy atom. The number of benzene rings is 2. The number of fused-ring (bicyclic) bond motifs is 1. The quantitative estimate of drug-likeness (QED) is 0.357. The third-order valence-corrected chi connectivity index (χ3v) is 4.38. The standard InChI is InChI=1S/C22H22O4/c1-13(23)20-14(2)25-19-11-10-17(12-18(19)20)26-21(24)15-6-8-16(9-7-15)22(3,4)5/h6-12H,1-5H3. The number of carbonyl (C=O) groups is 2. The molecule has 3 aromatic rings. The fraction of sp³-hybridized carbons (Fsp3) is 0.273. The van der Waals surface area contributed by atoms with Crippen molar-refractivity contribution in [2.75, 3.05) is 0 Å². The summed E-state index contributed by atoms with van der Waals surface area (Å²) in [7, 11) is 0. The van der Waals surface area contributed by atoms with E-state index in [1.165, 1.54) is 6.92 Å². The van der Waals surface area contributed by atoms with Gasteiger partial charge in [0.1, 0.15) is 17.1 Å². The minimum atomic E-state index is -0.436. The summed E-state index contributed by atoms with van der Waals surface area (Å²) in [6.45, 7) is 9.60. The molecule has 0 aliphatic heterocycles. The van der Waals surface area contributed by atoms with Crippen LogP contribution in [0.15, 0.2) is 46.9 Å². The van der Waals surface area contributed by atoms with Crippen LogP contribution in [0.4, 0.5) is 0 Å². The van der Waals surface area contributed by atoms with Crippen LogP contribution in [-0.2, 0) is 5.41 Å². The van der Waals surface area contributed by atoms with Gasteiger partial charge in [-0.15, -0.1) is 0 Å². The van der Waals surface area contributed by atoms with Crippen LogP contribution in [0, 0.1) is 6.92 Å². The largest absolute Gasteiger partial charge is 0.461 e. The molecule has 0 aliphatic rings. The summed E-state index contributed by atoms with van der Waals surface area (Å²) in [4.78, 5) is 24.3. The van der Waals surface area contributed by atoms with Gasteiger partial charge in [0.05, 0.1) is 11.1 Å². The molecule has 0 fully saturated rings. The molecule has 0 radical (unpaired) electrons. The number of rotatable bonds is 3. The van der Waals surface area contributed by atoms with Crippen LogP contribution in [0.2, 0.25) is 0 Å². The maximum atomic E-state index is 12.4. The summed E-state index contributed by atoms with van der Waals surface area (Å²) < 4.78 is 11.1. The summed E-state index contributed by atoms with van der Waals surface area (Å²) in [6, 6.07) is 12.5. The molecule has 4 heteroatoms. The first-order valence-electron chi connectivity index (χ1n) is 8.53. The number of hydrogen-bond acceptors (Lipinski definition) is 4. The van der Waals surface area contributed by atoms with Crippen molar-refractivity contribution in [3.63, 3.8) is 0 Å². The van der Waals surface area contributed by atoms with E-state index >= 15 is 0 Å². The second-order valence-corrected chi connectivity index (χ2v) is 7.46. The molecule has 0 saturated carbocycles. The fourth-order valence-electron chi connectivity index (χ4n) is 2.97.